The molecule has 0 amide bonds. The van der Waals surface area contributed by atoms with Gasteiger partial charge in [-0.25, -0.2) is 0 Å². The largest absolute Gasteiger partial charge is 0.506 e. The number of nitro groups is 1. The molecule has 0 saturated heterocycles. The SMILES string of the molecule is N#Cc1c(O)c2c(-c3ccc([N+](=O)[O-])cc3)c(Br)sc2[nH]c1=O. The Morgan fingerprint density at radius 3 is 2.57 bits per heavy atom. The zero-order valence-corrected chi connectivity index (χ0v) is 13.6. The fraction of sp³-hybridized carbons (Fsp3) is 0. The summed E-state index contributed by atoms with van der Waals surface area (Å²) >= 11 is 4.56. The number of nitriles is 1. The fourth-order valence-corrected chi connectivity index (χ4v) is 4.09. The minimum atomic E-state index is -0.665. The summed E-state index contributed by atoms with van der Waals surface area (Å²) in [7, 11) is 0. The van der Waals surface area contributed by atoms with Gasteiger partial charge in [-0.2, -0.15) is 5.26 Å². The summed E-state index contributed by atoms with van der Waals surface area (Å²) in [5.74, 6) is -0.401. The molecule has 0 aliphatic carbocycles. The molecule has 0 bridgehead atoms. The Balaban J connectivity index is 2.33. The van der Waals surface area contributed by atoms with Crippen molar-refractivity contribution in [3.8, 4) is 22.9 Å². The van der Waals surface area contributed by atoms with Gasteiger partial charge in [-0.3, -0.25) is 14.9 Å². The number of nitro benzene ring substituents is 1. The lowest BCUT2D eigenvalue weighted by Crippen LogP contribution is -2.09. The highest BCUT2D eigenvalue weighted by atomic mass is 79.9. The van der Waals surface area contributed by atoms with Crippen LogP contribution < -0.4 is 5.56 Å². The molecule has 0 aliphatic rings. The van der Waals surface area contributed by atoms with Crippen molar-refractivity contribution in [1.82, 2.24) is 4.98 Å². The van der Waals surface area contributed by atoms with Gasteiger partial charge >= 0.3 is 0 Å². The van der Waals surface area contributed by atoms with Crippen LogP contribution in [-0.4, -0.2) is 15.0 Å². The number of hydrogen-bond donors (Lipinski definition) is 2. The highest BCUT2D eigenvalue weighted by Crippen LogP contribution is 2.45. The van der Waals surface area contributed by atoms with Crippen LogP contribution in [0.3, 0.4) is 0 Å². The third-order valence-corrected chi connectivity index (χ3v) is 5.05. The van der Waals surface area contributed by atoms with Crippen molar-refractivity contribution in [2.24, 2.45) is 0 Å². The maximum atomic E-state index is 11.7. The Bertz CT molecular complexity index is 1050. The predicted octanol–water partition coefficient (Wildman–Crippen LogP) is 3.50. The van der Waals surface area contributed by atoms with Gasteiger partial charge in [0, 0.05) is 17.7 Å². The molecule has 23 heavy (non-hydrogen) atoms. The third kappa shape index (κ3) is 2.38. The van der Waals surface area contributed by atoms with Gasteiger partial charge in [0.1, 0.15) is 16.6 Å². The number of rotatable bonds is 2. The number of hydrogen-bond acceptors (Lipinski definition) is 6. The van der Waals surface area contributed by atoms with Crippen molar-refractivity contribution in [1.29, 1.82) is 5.26 Å². The van der Waals surface area contributed by atoms with E-state index in [-0.39, 0.29) is 11.3 Å². The van der Waals surface area contributed by atoms with Crippen LogP contribution in [0.5, 0.6) is 5.75 Å². The van der Waals surface area contributed by atoms with Gasteiger partial charge in [0.25, 0.3) is 11.2 Å². The quantitative estimate of drug-likeness (QED) is 0.511. The highest BCUT2D eigenvalue weighted by Gasteiger charge is 2.21. The first kappa shape index (κ1) is 15.2. The third-order valence-electron chi connectivity index (χ3n) is 3.27. The fourth-order valence-electron chi connectivity index (χ4n) is 2.23. The van der Waals surface area contributed by atoms with Crippen LogP contribution in [0.2, 0.25) is 0 Å². The second-order valence-corrected chi connectivity index (χ2v) is 6.89. The minimum Gasteiger partial charge on any atom is -0.506 e. The molecule has 0 atom stereocenters. The normalized spacial score (nSPS) is 10.6. The molecule has 0 radical (unpaired) electrons. The van der Waals surface area contributed by atoms with E-state index in [0.29, 0.717) is 25.1 Å². The summed E-state index contributed by atoms with van der Waals surface area (Å²) in [6, 6.07) is 7.45. The summed E-state index contributed by atoms with van der Waals surface area (Å²) in [4.78, 5) is 24.9. The van der Waals surface area contributed by atoms with Gasteiger partial charge < -0.3 is 10.1 Å². The van der Waals surface area contributed by atoms with Gasteiger partial charge in [0.05, 0.1) is 14.1 Å². The van der Waals surface area contributed by atoms with Crippen molar-refractivity contribution in [3.63, 3.8) is 0 Å². The molecule has 2 aromatic heterocycles. The highest BCUT2D eigenvalue weighted by molar-refractivity contribution is 9.11. The smallest absolute Gasteiger partial charge is 0.270 e. The lowest BCUT2D eigenvalue weighted by molar-refractivity contribution is -0.384. The number of non-ortho nitro benzene ring substituents is 1. The van der Waals surface area contributed by atoms with E-state index in [0.717, 1.165) is 0 Å². The number of pyridine rings is 1. The predicted molar refractivity (Wildman–Crippen MR) is 88.6 cm³/mol. The topological polar surface area (TPSA) is 120 Å². The molecule has 0 aliphatic heterocycles. The Labute approximate surface area is 140 Å². The van der Waals surface area contributed by atoms with E-state index in [2.05, 4.69) is 20.9 Å². The van der Waals surface area contributed by atoms with Gasteiger partial charge in [0.2, 0.25) is 0 Å². The van der Waals surface area contributed by atoms with E-state index in [4.69, 9.17) is 5.26 Å². The average molecular weight is 392 g/mol. The van der Waals surface area contributed by atoms with Gasteiger partial charge in [-0.05, 0) is 33.6 Å². The molecule has 1 aromatic carbocycles. The molecular formula is C14H6BrN3O4S. The first-order valence-corrected chi connectivity index (χ1v) is 7.77. The van der Waals surface area contributed by atoms with E-state index in [1.165, 1.54) is 23.5 Å². The maximum absolute atomic E-state index is 11.7. The molecule has 3 rings (SSSR count). The summed E-state index contributed by atoms with van der Waals surface area (Å²) in [5.41, 5.74) is 0.0809. The zero-order chi connectivity index (χ0) is 16.7. The average Bonchev–Trinajstić information content (AvgIpc) is 2.84. The van der Waals surface area contributed by atoms with Crippen LogP contribution in [0, 0.1) is 21.4 Å². The second kappa shape index (κ2) is 5.49. The number of fused-ring (bicyclic) bond motifs is 1. The number of halogens is 1. The summed E-state index contributed by atoms with van der Waals surface area (Å²) in [6.45, 7) is 0. The van der Waals surface area contributed by atoms with E-state index in [1.54, 1.807) is 18.2 Å². The second-order valence-electron chi connectivity index (χ2n) is 4.55. The van der Waals surface area contributed by atoms with Crippen molar-refractivity contribution < 1.29 is 10.0 Å². The first-order chi connectivity index (χ1) is 10.9. The van der Waals surface area contributed by atoms with Crippen LogP contribution in [0.25, 0.3) is 21.3 Å². The van der Waals surface area contributed by atoms with Crippen molar-refractivity contribution >= 4 is 43.2 Å². The lowest BCUT2D eigenvalue weighted by atomic mass is 10.0. The Morgan fingerprint density at radius 1 is 1.35 bits per heavy atom. The molecule has 114 valence electrons. The lowest BCUT2D eigenvalue weighted by Gasteiger charge is -2.04. The van der Waals surface area contributed by atoms with Crippen molar-refractivity contribution in [2.45, 2.75) is 0 Å². The summed E-state index contributed by atoms with van der Waals surface area (Å²) < 4.78 is 0.627. The molecule has 2 N–H and O–H groups in total. The van der Waals surface area contributed by atoms with E-state index in [1.807, 2.05) is 0 Å². The molecule has 9 heteroatoms. The molecule has 7 nitrogen and oxygen atoms in total. The number of H-pyrrole nitrogens is 1. The maximum Gasteiger partial charge on any atom is 0.270 e. The molecule has 0 saturated carbocycles. The molecule has 0 fully saturated rings. The van der Waals surface area contributed by atoms with Crippen LogP contribution >= 0.6 is 27.3 Å². The Kier molecular flexibility index (Phi) is 3.63. The van der Waals surface area contributed by atoms with Crippen LogP contribution in [0.4, 0.5) is 5.69 Å². The van der Waals surface area contributed by atoms with E-state index in [9.17, 15) is 20.0 Å². The molecule has 2 heterocycles. The molecule has 0 unspecified atom stereocenters. The van der Waals surface area contributed by atoms with Crippen molar-refractivity contribution in [2.75, 3.05) is 0 Å². The minimum absolute atomic E-state index is 0.0558. The van der Waals surface area contributed by atoms with Crippen LogP contribution in [0.1, 0.15) is 5.56 Å². The number of aromatic nitrogens is 1. The molecule has 0 spiro atoms. The van der Waals surface area contributed by atoms with Gasteiger partial charge in [0.15, 0.2) is 5.56 Å². The molecule has 3 aromatic rings. The van der Waals surface area contributed by atoms with Crippen LogP contribution in [0.15, 0.2) is 32.8 Å². The zero-order valence-electron chi connectivity index (χ0n) is 11.2. The summed E-state index contributed by atoms with van der Waals surface area (Å²) in [6.07, 6.45) is 0. The Morgan fingerprint density at radius 2 is 2.00 bits per heavy atom. The Hall–Kier alpha value is -2.70. The number of thiophene rings is 1. The number of aromatic amines is 1. The number of nitrogens with zero attached hydrogens (tertiary/aromatic N) is 2. The standard InChI is InChI=1S/C14H6BrN3O4S/c15-12-9(6-1-3-7(4-2-6)18(21)22)10-11(19)8(5-16)13(20)17-14(10)23-12/h1-4H,(H2,17,19,20). The van der Waals surface area contributed by atoms with Gasteiger partial charge in [-0.15, -0.1) is 11.3 Å². The first-order valence-electron chi connectivity index (χ1n) is 6.16. The monoisotopic (exact) mass is 391 g/mol. The van der Waals surface area contributed by atoms with E-state index >= 15 is 0 Å². The number of nitrogens with one attached hydrogen (secondary N) is 1. The number of aromatic hydroxyl groups is 1. The summed E-state index contributed by atoms with van der Waals surface area (Å²) in [5, 5.41) is 30.3. The van der Waals surface area contributed by atoms with Crippen LogP contribution in [-0.2, 0) is 0 Å². The van der Waals surface area contributed by atoms with Crippen molar-refractivity contribution in [3.05, 3.63) is 54.1 Å². The number of benzene rings is 1. The molecular weight excluding hydrogens is 386 g/mol. The van der Waals surface area contributed by atoms with Gasteiger partial charge in [-0.1, -0.05) is 0 Å². The van der Waals surface area contributed by atoms with E-state index < -0.39 is 16.2 Å².